The van der Waals surface area contributed by atoms with Gasteiger partial charge < -0.3 is 10.5 Å². The van der Waals surface area contributed by atoms with Crippen molar-refractivity contribution in [3.63, 3.8) is 0 Å². The molecule has 0 amide bonds. The number of hydrogen-bond acceptors (Lipinski definition) is 4. The van der Waals surface area contributed by atoms with E-state index in [9.17, 15) is 5.21 Å². The van der Waals surface area contributed by atoms with Crippen LogP contribution in [0.1, 0.15) is 12.8 Å². The minimum atomic E-state index is 0.759. The molecule has 0 spiro atoms. The maximum Gasteiger partial charge on any atom is 0.0366 e. The third kappa shape index (κ3) is 2.40. The van der Waals surface area contributed by atoms with Crippen molar-refractivity contribution in [3.8, 4) is 0 Å². The summed E-state index contributed by atoms with van der Waals surface area (Å²) >= 11 is 0. The van der Waals surface area contributed by atoms with Gasteiger partial charge in [0.15, 0.2) is 0 Å². The molecule has 2 saturated heterocycles. The molecule has 0 aliphatic carbocycles. The van der Waals surface area contributed by atoms with Gasteiger partial charge in [0.1, 0.15) is 0 Å². The molecule has 2 N–H and O–H groups in total. The van der Waals surface area contributed by atoms with Crippen LogP contribution in [0.2, 0.25) is 0 Å². The molecule has 4 nitrogen and oxygen atoms in total. The Kier molecular flexibility index (Phi) is 3.16. The van der Waals surface area contributed by atoms with Crippen molar-refractivity contribution in [3.05, 3.63) is 0 Å². The van der Waals surface area contributed by atoms with Crippen LogP contribution in [0.5, 0.6) is 0 Å². The lowest BCUT2D eigenvalue weighted by molar-refractivity contribution is -0.123. The normalized spacial score (nSPS) is 29.3. The minimum absolute atomic E-state index is 0.759. The molecule has 0 radical (unpaired) electrons. The summed E-state index contributed by atoms with van der Waals surface area (Å²) in [5.74, 6) is 0. The van der Waals surface area contributed by atoms with E-state index in [4.69, 9.17) is 0 Å². The van der Waals surface area contributed by atoms with Gasteiger partial charge in [-0.05, 0) is 25.9 Å². The minimum Gasteiger partial charge on any atom is -0.317 e. The summed E-state index contributed by atoms with van der Waals surface area (Å²) < 4.78 is 0. The maximum absolute atomic E-state index is 9.22. The molecule has 0 unspecified atom stereocenters. The van der Waals surface area contributed by atoms with Gasteiger partial charge in [0.05, 0.1) is 0 Å². The van der Waals surface area contributed by atoms with E-state index in [1.165, 1.54) is 17.9 Å². The van der Waals surface area contributed by atoms with E-state index in [2.05, 4.69) is 10.2 Å². The summed E-state index contributed by atoms with van der Waals surface area (Å²) in [5, 5.41) is 14.0. The Morgan fingerprint density at radius 2 is 1.62 bits per heavy atom. The lowest BCUT2D eigenvalue weighted by Gasteiger charge is -2.38. The smallest absolute Gasteiger partial charge is 0.0366 e. The van der Waals surface area contributed by atoms with E-state index in [1.54, 1.807) is 0 Å². The fourth-order valence-corrected chi connectivity index (χ4v) is 2.25. The number of hydroxylamine groups is 2. The number of nitrogens with one attached hydrogen (secondary N) is 1. The van der Waals surface area contributed by atoms with Crippen molar-refractivity contribution >= 4 is 0 Å². The standard InChI is InChI=1S/C9H19N3O/c13-12-7-5-11(6-8-12)9-1-3-10-4-2-9/h9-10,13H,1-8H2. The number of hydrogen-bond donors (Lipinski definition) is 2. The van der Waals surface area contributed by atoms with E-state index >= 15 is 0 Å². The zero-order valence-corrected chi connectivity index (χ0v) is 8.08. The van der Waals surface area contributed by atoms with Crippen LogP contribution in [-0.4, -0.2) is 60.5 Å². The van der Waals surface area contributed by atoms with E-state index in [-0.39, 0.29) is 0 Å². The first-order chi connectivity index (χ1) is 6.36. The molecular formula is C9H19N3O. The SMILES string of the molecule is ON1CCN(C2CCNCC2)CC1. The second-order valence-electron chi connectivity index (χ2n) is 3.97. The van der Waals surface area contributed by atoms with Crippen molar-refractivity contribution in [2.45, 2.75) is 18.9 Å². The van der Waals surface area contributed by atoms with Gasteiger partial charge in [-0.3, -0.25) is 4.90 Å². The molecule has 0 bridgehead atoms. The third-order valence-corrected chi connectivity index (χ3v) is 3.12. The molecule has 2 aliphatic rings. The molecule has 4 heteroatoms. The quantitative estimate of drug-likeness (QED) is 0.590. The highest BCUT2D eigenvalue weighted by molar-refractivity contribution is 4.80. The lowest BCUT2D eigenvalue weighted by atomic mass is 10.0. The summed E-state index contributed by atoms with van der Waals surface area (Å²) in [5.41, 5.74) is 0. The van der Waals surface area contributed by atoms with Gasteiger partial charge in [-0.15, -0.1) is 0 Å². The number of nitrogens with zero attached hydrogens (tertiary/aromatic N) is 2. The molecule has 0 aromatic rings. The van der Waals surface area contributed by atoms with Crippen molar-refractivity contribution in [2.75, 3.05) is 39.3 Å². The molecule has 0 atom stereocenters. The summed E-state index contributed by atoms with van der Waals surface area (Å²) in [6.45, 7) is 5.99. The van der Waals surface area contributed by atoms with Crippen LogP contribution < -0.4 is 5.32 Å². The van der Waals surface area contributed by atoms with Gasteiger partial charge in [0.2, 0.25) is 0 Å². The molecular weight excluding hydrogens is 166 g/mol. The van der Waals surface area contributed by atoms with Crippen LogP contribution >= 0.6 is 0 Å². The highest BCUT2D eigenvalue weighted by Crippen LogP contribution is 2.13. The number of piperidine rings is 1. The summed E-state index contributed by atoms with van der Waals surface area (Å²) in [7, 11) is 0. The highest BCUT2D eigenvalue weighted by Gasteiger charge is 2.23. The van der Waals surface area contributed by atoms with Crippen LogP contribution in [0.4, 0.5) is 0 Å². The Bertz CT molecular complexity index is 151. The monoisotopic (exact) mass is 185 g/mol. The van der Waals surface area contributed by atoms with Gasteiger partial charge in [-0.2, -0.15) is 5.06 Å². The van der Waals surface area contributed by atoms with Gasteiger partial charge in [-0.25, -0.2) is 0 Å². The largest absolute Gasteiger partial charge is 0.317 e. The zero-order valence-electron chi connectivity index (χ0n) is 8.08. The molecule has 0 saturated carbocycles. The van der Waals surface area contributed by atoms with E-state index in [0.717, 1.165) is 45.3 Å². The Morgan fingerprint density at radius 1 is 1.00 bits per heavy atom. The topological polar surface area (TPSA) is 38.7 Å². The van der Waals surface area contributed by atoms with Crippen molar-refractivity contribution in [1.29, 1.82) is 0 Å². The summed E-state index contributed by atoms with van der Waals surface area (Å²) in [4.78, 5) is 2.52. The molecule has 2 aliphatic heterocycles. The molecule has 0 aromatic heterocycles. The average molecular weight is 185 g/mol. The first kappa shape index (κ1) is 9.40. The van der Waals surface area contributed by atoms with E-state index in [1.807, 2.05) is 0 Å². The van der Waals surface area contributed by atoms with Gasteiger partial charge in [0.25, 0.3) is 0 Å². The molecule has 2 heterocycles. The Morgan fingerprint density at radius 3 is 2.23 bits per heavy atom. The molecule has 0 aromatic carbocycles. The van der Waals surface area contributed by atoms with Crippen molar-refractivity contribution in [1.82, 2.24) is 15.3 Å². The van der Waals surface area contributed by atoms with E-state index < -0.39 is 0 Å². The number of piperazine rings is 1. The second kappa shape index (κ2) is 4.37. The Hall–Kier alpha value is -0.160. The van der Waals surface area contributed by atoms with Gasteiger partial charge in [0, 0.05) is 32.2 Å². The maximum atomic E-state index is 9.22. The zero-order chi connectivity index (χ0) is 9.10. The highest BCUT2D eigenvalue weighted by atomic mass is 16.5. The Labute approximate surface area is 79.5 Å². The molecule has 2 fully saturated rings. The second-order valence-corrected chi connectivity index (χ2v) is 3.97. The van der Waals surface area contributed by atoms with Crippen LogP contribution in [0.3, 0.4) is 0 Å². The van der Waals surface area contributed by atoms with Crippen LogP contribution in [0.15, 0.2) is 0 Å². The predicted molar refractivity (Wildman–Crippen MR) is 50.8 cm³/mol. The van der Waals surface area contributed by atoms with Crippen molar-refractivity contribution in [2.24, 2.45) is 0 Å². The summed E-state index contributed by atoms with van der Waals surface area (Å²) in [6, 6.07) is 0.759. The number of rotatable bonds is 1. The van der Waals surface area contributed by atoms with Crippen LogP contribution in [-0.2, 0) is 0 Å². The third-order valence-electron chi connectivity index (χ3n) is 3.12. The first-order valence-corrected chi connectivity index (χ1v) is 5.25. The lowest BCUT2D eigenvalue weighted by Crippen LogP contribution is -2.51. The van der Waals surface area contributed by atoms with E-state index in [0.29, 0.717) is 0 Å². The molecule has 2 rings (SSSR count). The average Bonchev–Trinajstić information content (AvgIpc) is 2.20. The molecule has 76 valence electrons. The Balaban J connectivity index is 1.79. The molecule has 13 heavy (non-hydrogen) atoms. The fourth-order valence-electron chi connectivity index (χ4n) is 2.25. The van der Waals surface area contributed by atoms with Gasteiger partial charge >= 0.3 is 0 Å². The first-order valence-electron chi connectivity index (χ1n) is 5.25. The predicted octanol–water partition coefficient (Wildman–Crippen LogP) is -0.255. The fraction of sp³-hybridized carbons (Fsp3) is 1.00. The summed E-state index contributed by atoms with van der Waals surface area (Å²) in [6.07, 6.45) is 2.54. The van der Waals surface area contributed by atoms with Gasteiger partial charge in [-0.1, -0.05) is 0 Å². The van der Waals surface area contributed by atoms with Crippen LogP contribution in [0.25, 0.3) is 0 Å². The van der Waals surface area contributed by atoms with Crippen molar-refractivity contribution < 1.29 is 5.21 Å². The van der Waals surface area contributed by atoms with Crippen LogP contribution in [0, 0.1) is 0 Å².